The molecule has 1 aromatic rings. The summed E-state index contributed by atoms with van der Waals surface area (Å²) in [4.78, 5) is 10.6. The highest BCUT2D eigenvalue weighted by Gasteiger charge is 1.94. The molecule has 0 bridgehead atoms. The van der Waals surface area contributed by atoms with E-state index in [-0.39, 0.29) is 5.91 Å². The van der Waals surface area contributed by atoms with Crippen LogP contribution in [-0.4, -0.2) is 19.1 Å². The van der Waals surface area contributed by atoms with Gasteiger partial charge >= 0.3 is 0 Å². The predicted molar refractivity (Wildman–Crippen MR) is 63.2 cm³/mol. The van der Waals surface area contributed by atoms with Crippen molar-refractivity contribution in [2.75, 3.05) is 13.2 Å². The Kier molecular flexibility index (Phi) is 4.94. The number of hydrogen-bond donors (Lipinski definition) is 1. The summed E-state index contributed by atoms with van der Waals surface area (Å²) in [6.45, 7) is 4.28. The number of benzene rings is 1. The molecule has 1 aromatic carbocycles. The molecule has 0 unspecified atom stereocenters. The van der Waals surface area contributed by atoms with Gasteiger partial charge in [0.25, 0.3) is 0 Å². The molecule has 0 aliphatic heterocycles. The van der Waals surface area contributed by atoms with Gasteiger partial charge in [0.2, 0.25) is 5.91 Å². The second kappa shape index (κ2) is 6.52. The van der Waals surface area contributed by atoms with E-state index >= 15 is 0 Å². The first kappa shape index (κ1) is 12.1. The largest absolute Gasteiger partial charge is 0.492 e. The van der Waals surface area contributed by atoms with Crippen LogP contribution in [0.4, 0.5) is 0 Å². The van der Waals surface area contributed by atoms with Crippen molar-refractivity contribution in [2.45, 2.75) is 13.8 Å². The van der Waals surface area contributed by atoms with Crippen molar-refractivity contribution in [1.29, 1.82) is 0 Å². The second-order valence-corrected chi connectivity index (χ2v) is 3.23. The Morgan fingerprint density at radius 2 is 2.06 bits per heavy atom. The number of carbonyl (C=O) groups excluding carboxylic acids is 1. The zero-order valence-corrected chi connectivity index (χ0v) is 9.54. The summed E-state index contributed by atoms with van der Waals surface area (Å²) in [5.74, 6) is 6.52. The second-order valence-electron chi connectivity index (χ2n) is 3.23. The van der Waals surface area contributed by atoms with Crippen molar-refractivity contribution in [3.05, 3.63) is 29.8 Å². The standard InChI is InChI=1S/C13H15NO2/c1-3-4-12-5-7-13(8-6-12)16-10-9-14-11(2)15/h5-8H,9-10H2,1-2H3,(H,14,15). The van der Waals surface area contributed by atoms with E-state index < -0.39 is 0 Å². The Morgan fingerprint density at radius 3 is 2.62 bits per heavy atom. The van der Waals surface area contributed by atoms with Crippen LogP contribution in [0.3, 0.4) is 0 Å². The minimum atomic E-state index is -0.0443. The van der Waals surface area contributed by atoms with Gasteiger partial charge in [-0.3, -0.25) is 4.79 Å². The minimum Gasteiger partial charge on any atom is -0.492 e. The molecule has 0 atom stereocenters. The number of amides is 1. The van der Waals surface area contributed by atoms with E-state index in [1.165, 1.54) is 6.92 Å². The summed E-state index contributed by atoms with van der Waals surface area (Å²) in [7, 11) is 0. The fraction of sp³-hybridized carbons (Fsp3) is 0.308. The lowest BCUT2D eigenvalue weighted by molar-refractivity contribution is -0.119. The SMILES string of the molecule is CC#Cc1ccc(OCCNC(C)=O)cc1. The van der Waals surface area contributed by atoms with Gasteiger partial charge < -0.3 is 10.1 Å². The Hall–Kier alpha value is -1.95. The van der Waals surface area contributed by atoms with Gasteiger partial charge in [0.15, 0.2) is 0 Å². The highest BCUT2D eigenvalue weighted by Crippen LogP contribution is 2.10. The number of ether oxygens (including phenoxy) is 1. The topological polar surface area (TPSA) is 38.3 Å². The summed E-state index contributed by atoms with van der Waals surface area (Å²) in [5, 5.41) is 2.66. The van der Waals surface area contributed by atoms with E-state index in [9.17, 15) is 4.79 Å². The molecule has 0 spiro atoms. The number of carbonyl (C=O) groups is 1. The Labute approximate surface area is 95.8 Å². The van der Waals surface area contributed by atoms with Crippen LogP contribution in [-0.2, 0) is 4.79 Å². The monoisotopic (exact) mass is 217 g/mol. The summed E-state index contributed by atoms with van der Waals surface area (Å²) in [5.41, 5.74) is 0.969. The summed E-state index contributed by atoms with van der Waals surface area (Å²) >= 11 is 0. The highest BCUT2D eigenvalue weighted by molar-refractivity contribution is 5.72. The molecule has 3 heteroatoms. The van der Waals surface area contributed by atoms with Crippen LogP contribution >= 0.6 is 0 Å². The fourth-order valence-electron chi connectivity index (χ4n) is 1.17. The van der Waals surface area contributed by atoms with E-state index in [1.54, 1.807) is 6.92 Å². The normalized spacial score (nSPS) is 8.88. The molecule has 0 heterocycles. The summed E-state index contributed by atoms with van der Waals surface area (Å²) in [6.07, 6.45) is 0. The fourth-order valence-corrected chi connectivity index (χ4v) is 1.17. The van der Waals surface area contributed by atoms with Gasteiger partial charge in [-0.1, -0.05) is 5.92 Å². The van der Waals surface area contributed by atoms with Crippen LogP contribution in [0.1, 0.15) is 19.4 Å². The van der Waals surface area contributed by atoms with Gasteiger partial charge in [0.1, 0.15) is 12.4 Å². The lowest BCUT2D eigenvalue weighted by Crippen LogP contribution is -2.25. The zero-order chi connectivity index (χ0) is 11.8. The van der Waals surface area contributed by atoms with Crippen molar-refractivity contribution in [3.8, 4) is 17.6 Å². The van der Waals surface area contributed by atoms with Crippen LogP contribution in [0.2, 0.25) is 0 Å². The van der Waals surface area contributed by atoms with Crippen LogP contribution < -0.4 is 10.1 Å². The van der Waals surface area contributed by atoms with Crippen molar-refractivity contribution in [2.24, 2.45) is 0 Å². The molecule has 0 saturated carbocycles. The van der Waals surface area contributed by atoms with Crippen molar-refractivity contribution < 1.29 is 9.53 Å². The molecule has 84 valence electrons. The van der Waals surface area contributed by atoms with Gasteiger partial charge in [-0.2, -0.15) is 0 Å². The maximum absolute atomic E-state index is 10.6. The molecule has 1 rings (SSSR count). The van der Waals surface area contributed by atoms with E-state index in [1.807, 2.05) is 24.3 Å². The minimum absolute atomic E-state index is 0.0443. The third-order valence-electron chi connectivity index (χ3n) is 1.87. The van der Waals surface area contributed by atoms with Crippen LogP contribution in [0.25, 0.3) is 0 Å². The van der Waals surface area contributed by atoms with Gasteiger partial charge in [0, 0.05) is 12.5 Å². The lowest BCUT2D eigenvalue weighted by atomic mass is 10.2. The van der Waals surface area contributed by atoms with E-state index in [2.05, 4.69) is 17.2 Å². The predicted octanol–water partition coefficient (Wildman–Crippen LogP) is 1.57. The molecule has 1 N–H and O–H groups in total. The summed E-state index contributed by atoms with van der Waals surface area (Å²) in [6, 6.07) is 7.55. The molecule has 0 aliphatic rings. The molecule has 0 fully saturated rings. The van der Waals surface area contributed by atoms with E-state index in [0.29, 0.717) is 13.2 Å². The highest BCUT2D eigenvalue weighted by atomic mass is 16.5. The van der Waals surface area contributed by atoms with Gasteiger partial charge in [-0.05, 0) is 31.2 Å². The first-order valence-corrected chi connectivity index (χ1v) is 5.12. The maximum atomic E-state index is 10.6. The van der Waals surface area contributed by atoms with Crippen molar-refractivity contribution >= 4 is 5.91 Å². The molecule has 0 saturated heterocycles. The third kappa shape index (κ3) is 4.52. The van der Waals surface area contributed by atoms with Crippen LogP contribution in [0, 0.1) is 11.8 Å². The van der Waals surface area contributed by atoms with Crippen molar-refractivity contribution in [1.82, 2.24) is 5.32 Å². The van der Waals surface area contributed by atoms with Crippen LogP contribution in [0.5, 0.6) is 5.75 Å². The molecule has 3 nitrogen and oxygen atoms in total. The first-order valence-electron chi connectivity index (χ1n) is 5.12. The molecule has 1 amide bonds. The molecule has 0 radical (unpaired) electrons. The Balaban J connectivity index is 2.36. The first-order chi connectivity index (χ1) is 7.72. The van der Waals surface area contributed by atoms with Crippen molar-refractivity contribution in [3.63, 3.8) is 0 Å². The van der Waals surface area contributed by atoms with Gasteiger partial charge in [0.05, 0.1) is 6.54 Å². The molecule has 16 heavy (non-hydrogen) atoms. The van der Waals surface area contributed by atoms with E-state index in [0.717, 1.165) is 11.3 Å². The average molecular weight is 217 g/mol. The summed E-state index contributed by atoms with van der Waals surface area (Å²) < 4.78 is 5.43. The number of rotatable bonds is 4. The smallest absolute Gasteiger partial charge is 0.216 e. The lowest BCUT2D eigenvalue weighted by Gasteiger charge is -2.06. The zero-order valence-electron chi connectivity index (χ0n) is 9.54. The average Bonchev–Trinajstić information content (AvgIpc) is 2.27. The Bertz CT molecular complexity index is 398. The number of nitrogens with one attached hydrogen (secondary N) is 1. The molecular formula is C13H15NO2. The van der Waals surface area contributed by atoms with Gasteiger partial charge in [-0.15, -0.1) is 5.92 Å². The maximum Gasteiger partial charge on any atom is 0.216 e. The third-order valence-corrected chi connectivity index (χ3v) is 1.87. The van der Waals surface area contributed by atoms with E-state index in [4.69, 9.17) is 4.74 Å². The number of hydrogen-bond acceptors (Lipinski definition) is 2. The molecule has 0 aromatic heterocycles. The molecule has 0 aliphatic carbocycles. The molecular weight excluding hydrogens is 202 g/mol. The quantitative estimate of drug-likeness (QED) is 0.614. The van der Waals surface area contributed by atoms with Crippen LogP contribution in [0.15, 0.2) is 24.3 Å². The van der Waals surface area contributed by atoms with Gasteiger partial charge in [-0.25, -0.2) is 0 Å². The Morgan fingerprint density at radius 1 is 1.38 bits per heavy atom.